The largest absolute Gasteiger partial charge is 0.466 e. The first-order valence-corrected chi connectivity index (χ1v) is 11.2. The maximum atomic E-state index is 12.7. The smallest absolute Gasteiger partial charge is 0.338 e. The molecule has 0 fully saturated rings. The summed E-state index contributed by atoms with van der Waals surface area (Å²) < 4.78 is 5.06. The van der Waals surface area contributed by atoms with Gasteiger partial charge in [0.25, 0.3) is 0 Å². The molecular weight excluding hydrogens is 448 g/mol. The number of fused-ring (bicyclic) bond motifs is 1. The molecule has 4 rings (SSSR count). The molecule has 0 bridgehead atoms. The lowest BCUT2D eigenvalue weighted by atomic mass is 9.94. The number of hydrogen-bond donors (Lipinski definition) is 1. The number of rotatable bonds is 6. The van der Waals surface area contributed by atoms with Crippen LogP contribution in [-0.4, -0.2) is 34.0 Å². The van der Waals surface area contributed by atoms with E-state index in [1.54, 1.807) is 25.4 Å². The Morgan fingerprint density at radius 3 is 2.78 bits per heavy atom. The first-order chi connectivity index (χ1) is 15.5. The number of aromatic nitrogens is 1. The molecule has 9 heteroatoms. The van der Waals surface area contributed by atoms with Crippen molar-refractivity contribution in [2.75, 3.05) is 7.11 Å². The molecule has 1 N–H and O–H groups in total. The Morgan fingerprint density at radius 2 is 2.06 bits per heavy atom. The number of methoxy groups -OCH3 is 1. The maximum Gasteiger partial charge on any atom is 0.338 e. The Labute approximate surface area is 195 Å². The van der Waals surface area contributed by atoms with Gasteiger partial charge < -0.3 is 15.0 Å². The van der Waals surface area contributed by atoms with Crippen LogP contribution in [0, 0.1) is 0 Å². The molecule has 164 valence electrons. The van der Waals surface area contributed by atoms with Gasteiger partial charge in [0.15, 0.2) is 5.17 Å². The lowest BCUT2D eigenvalue weighted by molar-refractivity contribution is -0.136. The van der Waals surface area contributed by atoms with E-state index < -0.39 is 12.0 Å². The van der Waals surface area contributed by atoms with E-state index in [0.29, 0.717) is 28.0 Å². The Balaban J connectivity index is 1.62. The Hall–Kier alpha value is -3.10. The number of hydrogen-bond acceptors (Lipinski definition) is 7. The highest BCUT2D eigenvalue weighted by molar-refractivity contribution is 8.16. The molecule has 0 unspecified atom stereocenters. The number of amides is 1. The quantitative estimate of drug-likeness (QED) is 0.640. The number of carbonyl (C=O) groups excluding carboxylic acids is 2. The summed E-state index contributed by atoms with van der Waals surface area (Å²) in [6.45, 7) is 2.16. The van der Waals surface area contributed by atoms with E-state index in [1.165, 1.54) is 18.9 Å². The van der Waals surface area contributed by atoms with Crippen molar-refractivity contribution in [2.24, 2.45) is 4.99 Å². The first-order valence-electron chi connectivity index (χ1n) is 9.92. The van der Waals surface area contributed by atoms with Crippen LogP contribution in [-0.2, 0) is 20.9 Å². The predicted molar refractivity (Wildman–Crippen MR) is 125 cm³/mol. The maximum absolute atomic E-state index is 12.7. The lowest BCUT2D eigenvalue weighted by Gasteiger charge is -2.36. The van der Waals surface area contributed by atoms with Crippen LogP contribution in [0.15, 0.2) is 76.2 Å². The van der Waals surface area contributed by atoms with E-state index in [1.807, 2.05) is 40.6 Å². The summed E-state index contributed by atoms with van der Waals surface area (Å²) in [7, 11) is 1.34. The van der Waals surface area contributed by atoms with E-state index in [2.05, 4.69) is 15.3 Å². The van der Waals surface area contributed by atoms with Crippen LogP contribution < -0.4 is 5.32 Å². The number of pyridine rings is 1. The van der Waals surface area contributed by atoms with Crippen LogP contribution in [0.3, 0.4) is 0 Å². The van der Waals surface area contributed by atoms with E-state index in [0.717, 1.165) is 16.8 Å². The van der Waals surface area contributed by atoms with Crippen LogP contribution in [0.2, 0.25) is 5.02 Å². The Kier molecular flexibility index (Phi) is 6.62. The van der Waals surface area contributed by atoms with Crippen molar-refractivity contribution in [3.05, 3.63) is 87.3 Å². The summed E-state index contributed by atoms with van der Waals surface area (Å²) in [5.41, 5.74) is 3.35. The number of halogens is 1. The molecule has 0 spiro atoms. The number of allylic oxidation sites excluding steroid dienone is 1. The summed E-state index contributed by atoms with van der Waals surface area (Å²) in [5.74, 6) is -0.627. The van der Waals surface area contributed by atoms with Crippen molar-refractivity contribution in [3.63, 3.8) is 0 Å². The standard InChI is InChI=1S/C23H21ClN4O3S/c1-14-20(22(30)31-2)21(17-7-3-4-8-18(17)24)28-16(13-32-23(28)27-14)10-19(29)26-12-15-6-5-9-25-11-15/h3-9,11,13,21H,10,12H2,1-2H3,(H,26,29)/t21-/m0/s1. The van der Waals surface area contributed by atoms with Gasteiger partial charge in [0, 0.05) is 29.7 Å². The number of benzene rings is 1. The molecule has 1 aromatic heterocycles. The second-order valence-corrected chi connectivity index (χ2v) is 8.46. The van der Waals surface area contributed by atoms with Crippen molar-refractivity contribution in [3.8, 4) is 0 Å². The van der Waals surface area contributed by atoms with Gasteiger partial charge in [-0.15, -0.1) is 0 Å². The van der Waals surface area contributed by atoms with E-state index in [4.69, 9.17) is 16.3 Å². The second kappa shape index (κ2) is 9.58. The average molecular weight is 469 g/mol. The molecule has 2 aromatic rings. The van der Waals surface area contributed by atoms with Gasteiger partial charge in [0.2, 0.25) is 5.91 Å². The SMILES string of the molecule is COC(=O)C1=C(C)N=C2SC=C(CC(=O)NCc3cccnc3)N2[C@H]1c1ccccc1Cl. The molecule has 1 aromatic carbocycles. The van der Waals surface area contributed by atoms with Crippen LogP contribution >= 0.6 is 23.4 Å². The number of ether oxygens (including phenoxy) is 1. The Bertz CT molecular complexity index is 1150. The number of amidine groups is 1. The number of thioether (sulfide) groups is 1. The van der Waals surface area contributed by atoms with Crippen LogP contribution in [0.5, 0.6) is 0 Å². The molecule has 32 heavy (non-hydrogen) atoms. The minimum Gasteiger partial charge on any atom is -0.466 e. The number of carbonyl (C=O) groups is 2. The molecule has 7 nitrogen and oxygen atoms in total. The van der Waals surface area contributed by atoms with Gasteiger partial charge >= 0.3 is 5.97 Å². The van der Waals surface area contributed by atoms with Gasteiger partial charge in [-0.2, -0.15) is 0 Å². The number of aliphatic imine (C=N–C) groups is 1. The van der Waals surface area contributed by atoms with Crippen molar-refractivity contribution in [1.29, 1.82) is 0 Å². The molecule has 0 radical (unpaired) electrons. The summed E-state index contributed by atoms with van der Waals surface area (Å²) >= 11 is 7.94. The molecule has 0 saturated heterocycles. The highest BCUT2D eigenvalue weighted by atomic mass is 35.5. The Morgan fingerprint density at radius 1 is 1.25 bits per heavy atom. The van der Waals surface area contributed by atoms with Gasteiger partial charge in [-0.25, -0.2) is 9.79 Å². The summed E-state index contributed by atoms with van der Waals surface area (Å²) in [4.78, 5) is 36.0. The monoisotopic (exact) mass is 468 g/mol. The fourth-order valence-electron chi connectivity index (χ4n) is 3.66. The topological polar surface area (TPSA) is 83.9 Å². The highest BCUT2D eigenvalue weighted by Gasteiger charge is 2.41. The molecule has 2 aliphatic heterocycles. The fourth-order valence-corrected chi connectivity index (χ4v) is 4.87. The van der Waals surface area contributed by atoms with Crippen LogP contribution in [0.25, 0.3) is 0 Å². The molecule has 1 amide bonds. The van der Waals surface area contributed by atoms with Crippen LogP contribution in [0.4, 0.5) is 0 Å². The first kappa shape index (κ1) is 22.1. The third-order valence-electron chi connectivity index (χ3n) is 5.16. The van der Waals surface area contributed by atoms with Crippen molar-refractivity contribution in [1.82, 2.24) is 15.2 Å². The van der Waals surface area contributed by atoms with Gasteiger partial charge in [-0.05, 0) is 35.6 Å². The van der Waals surface area contributed by atoms with Gasteiger partial charge in [0.1, 0.15) is 0 Å². The molecule has 2 aliphatic rings. The third kappa shape index (κ3) is 4.42. The highest BCUT2D eigenvalue weighted by Crippen LogP contribution is 2.46. The summed E-state index contributed by atoms with van der Waals surface area (Å²) in [6.07, 6.45) is 3.52. The zero-order valence-corrected chi connectivity index (χ0v) is 19.1. The summed E-state index contributed by atoms with van der Waals surface area (Å²) in [5, 5.41) is 6.01. The predicted octanol–water partition coefficient (Wildman–Crippen LogP) is 4.19. The lowest BCUT2D eigenvalue weighted by Crippen LogP contribution is -2.38. The van der Waals surface area contributed by atoms with Crippen molar-refractivity contribution >= 4 is 40.4 Å². The number of esters is 1. The number of nitrogens with zero attached hydrogens (tertiary/aromatic N) is 3. The molecule has 3 heterocycles. The van der Waals surface area contributed by atoms with Crippen LogP contribution in [0.1, 0.15) is 30.5 Å². The van der Waals surface area contributed by atoms with Gasteiger partial charge in [-0.1, -0.05) is 47.6 Å². The van der Waals surface area contributed by atoms with E-state index >= 15 is 0 Å². The van der Waals surface area contributed by atoms with Crippen molar-refractivity contribution < 1.29 is 14.3 Å². The average Bonchev–Trinajstić information content (AvgIpc) is 3.19. The minimum atomic E-state index is -0.545. The zero-order chi connectivity index (χ0) is 22.7. The molecular formula is C23H21ClN4O3S. The van der Waals surface area contributed by atoms with Crippen molar-refractivity contribution in [2.45, 2.75) is 25.9 Å². The fraction of sp³-hybridized carbons (Fsp3) is 0.217. The second-order valence-electron chi connectivity index (χ2n) is 7.22. The minimum absolute atomic E-state index is 0.126. The van der Waals surface area contributed by atoms with E-state index in [-0.39, 0.29) is 12.3 Å². The molecule has 0 aliphatic carbocycles. The number of nitrogens with one attached hydrogen (secondary N) is 1. The van der Waals surface area contributed by atoms with Gasteiger partial charge in [-0.3, -0.25) is 9.78 Å². The third-order valence-corrected chi connectivity index (χ3v) is 6.39. The summed E-state index contributed by atoms with van der Waals surface area (Å²) in [6, 6.07) is 10.5. The molecule has 1 atom stereocenters. The normalized spacial score (nSPS) is 17.5. The molecule has 0 saturated carbocycles. The van der Waals surface area contributed by atoms with E-state index in [9.17, 15) is 9.59 Å². The zero-order valence-electron chi connectivity index (χ0n) is 17.5. The van der Waals surface area contributed by atoms with Gasteiger partial charge in [0.05, 0.1) is 30.8 Å².